The summed E-state index contributed by atoms with van der Waals surface area (Å²) >= 11 is 1.45. The van der Waals surface area contributed by atoms with Crippen molar-refractivity contribution in [1.29, 1.82) is 0 Å². The first-order valence-corrected chi connectivity index (χ1v) is 10.3. The molecule has 1 aliphatic rings. The van der Waals surface area contributed by atoms with Crippen LogP contribution in [0.2, 0.25) is 0 Å². The van der Waals surface area contributed by atoms with Gasteiger partial charge in [-0.1, -0.05) is 0 Å². The van der Waals surface area contributed by atoms with Crippen LogP contribution in [0.4, 0.5) is 0 Å². The van der Waals surface area contributed by atoms with E-state index in [-0.39, 0.29) is 11.0 Å². The molecule has 1 aromatic carbocycles. The number of thioether (sulfide) groups is 1. The first kappa shape index (κ1) is 20.3. The van der Waals surface area contributed by atoms with Crippen molar-refractivity contribution in [3.05, 3.63) is 40.7 Å². The monoisotopic (exact) mass is 403 g/mol. The van der Waals surface area contributed by atoms with Crippen molar-refractivity contribution in [2.24, 2.45) is 0 Å². The van der Waals surface area contributed by atoms with Crippen molar-refractivity contribution in [2.45, 2.75) is 44.3 Å². The predicted octanol–water partition coefficient (Wildman–Crippen LogP) is 4.33. The van der Waals surface area contributed by atoms with E-state index >= 15 is 0 Å². The Morgan fingerprint density at radius 1 is 1.21 bits per heavy atom. The molecule has 3 rings (SSSR count). The third kappa shape index (κ3) is 4.19. The molecule has 6 nitrogen and oxygen atoms in total. The van der Waals surface area contributed by atoms with Crippen LogP contribution < -0.4 is 9.47 Å². The van der Waals surface area contributed by atoms with Crippen LogP contribution in [0.15, 0.2) is 23.1 Å². The number of ketones is 1. The zero-order chi connectivity index (χ0) is 20.3. The third-order valence-corrected chi connectivity index (χ3v) is 5.66. The van der Waals surface area contributed by atoms with Gasteiger partial charge in [0.2, 0.25) is 0 Å². The van der Waals surface area contributed by atoms with E-state index in [0.29, 0.717) is 48.1 Å². The predicted molar refractivity (Wildman–Crippen MR) is 108 cm³/mol. The Balaban J connectivity index is 1.77. The first-order valence-electron chi connectivity index (χ1n) is 9.39. The lowest BCUT2D eigenvalue weighted by Crippen LogP contribution is -2.15. The molecular weight excluding hydrogens is 378 g/mol. The molecule has 7 heteroatoms. The lowest BCUT2D eigenvalue weighted by atomic mass is 10.1. The maximum absolute atomic E-state index is 13.0. The average Bonchev–Trinajstić information content (AvgIpc) is 2.83. The summed E-state index contributed by atoms with van der Waals surface area (Å²) in [6.45, 7) is 8.72. The van der Waals surface area contributed by atoms with Gasteiger partial charge in [-0.2, -0.15) is 0 Å². The highest BCUT2D eigenvalue weighted by molar-refractivity contribution is 8.00. The van der Waals surface area contributed by atoms with Crippen molar-refractivity contribution in [3.8, 4) is 11.5 Å². The number of benzene rings is 1. The SMILES string of the molecule is CCOC(=O)c1c(C)[nH]c(C(=O)[C@H](C)Sc2ccc3c(c2)OCCCO3)c1C. The van der Waals surface area contributed by atoms with Crippen molar-refractivity contribution in [1.82, 2.24) is 4.98 Å². The highest BCUT2D eigenvalue weighted by Gasteiger charge is 2.26. The molecule has 1 aromatic heterocycles. The summed E-state index contributed by atoms with van der Waals surface area (Å²) in [6.07, 6.45) is 0.848. The maximum Gasteiger partial charge on any atom is 0.340 e. The summed E-state index contributed by atoms with van der Waals surface area (Å²) in [6, 6.07) is 5.72. The lowest BCUT2D eigenvalue weighted by molar-refractivity contribution is 0.0525. The number of aryl methyl sites for hydroxylation is 1. The number of fused-ring (bicyclic) bond motifs is 1. The quantitative estimate of drug-likeness (QED) is 0.439. The zero-order valence-corrected chi connectivity index (χ0v) is 17.4. The molecule has 0 radical (unpaired) electrons. The van der Waals surface area contributed by atoms with Gasteiger partial charge in [0.15, 0.2) is 17.3 Å². The van der Waals surface area contributed by atoms with Gasteiger partial charge in [0.05, 0.1) is 36.3 Å². The van der Waals surface area contributed by atoms with Crippen LogP contribution >= 0.6 is 11.8 Å². The van der Waals surface area contributed by atoms with E-state index < -0.39 is 5.97 Å². The molecule has 0 saturated carbocycles. The van der Waals surface area contributed by atoms with Crippen LogP contribution in [0.1, 0.15) is 52.4 Å². The van der Waals surface area contributed by atoms with Crippen LogP contribution in [0.5, 0.6) is 11.5 Å². The molecular formula is C21H25NO5S. The molecule has 1 N–H and O–H groups in total. The largest absolute Gasteiger partial charge is 0.490 e. The Bertz CT molecular complexity index is 889. The number of ether oxygens (including phenoxy) is 3. The number of aromatic nitrogens is 1. The molecule has 2 heterocycles. The number of aromatic amines is 1. The van der Waals surface area contributed by atoms with Gasteiger partial charge < -0.3 is 19.2 Å². The Kier molecular flexibility index (Phi) is 6.34. The topological polar surface area (TPSA) is 77.6 Å². The number of rotatable bonds is 6. The van der Waals surface area contributed by atoms with Gasteiger partial charge in [-0.25, -0.2) is 4.79 Å². The molecule has 150 valence electrons. The molecule has 0 fully saturated rings. The van der Waals surface area contributed by atoms with Crippen molar-refractivity contribution < 1.29 is 23.8 Å². The second kappa shape index (κ2) is 8.73. The van der Waals surface area contributed by atoms with Gasteiger partial charge in [0.25, 0.3) is 0 Å². The normalized spacial score (nSPS) is 14.3. The summed E-state index contributed by atoms with van der Waals surface area (Å²) in [4.78, 5) is 29.2. The van der Waals surface area contributed by atoms with Crippen LogP contribution in [-0.4, -0.2) is 41.8 Å². The molecule has 0 bridgehead atoms. The van der Waals surface area contributed by atoms with E-state index in [9.17, 15) is 9.59 Å². The minimum Gasteiger partial charge on any atom is -0.490 e. The van der Waals surface area contributed by atoms with E-state index in [1.165, 1.54) is 11.8 Å². The number of nitrogens with one attached hydrogen (secondary N) is 1. The van der Waals surface area contributed by atoms with Gasteiger partial charge in [-0.3, -0.25) is 4.79 Å². The summed E-state index contributed by atoms with van der Waals surface area (Å²) in [5.74, 6) is 0.971. The van der Waals surface area contributed by atoms with Crippen LogP contribution in [0.25, 0.3) is 0 Å². The number of carbonyl (C=O) groups excluding carboxylic acids is 2. The fourth-order valence-corrected chi connectivity index (χ4v) is 4.14. The molecule has 0 aliphatic carbocycles. The van der Waals surface area contributed by atoms with Crippen molar-refractivity contribution in [2.75, 3.05) is 19.8 Å². The minimum atomic E-state index is -0.406. The molecule has 2 aromatic rings. The number of esters is 1. The molecule has 1 aliphatic heterocycles. The van der Waals surface area contributed by atoms with Crippen molar-refractivity contribution in [3.63, 3.8) is 0 Å². The molecule has 28 heavy (non-hydrogen) atoms. The third-order valence-electron chi connectivity index (χ3n) is 4.56. The zero-order valence-electron chi connectivity index (χ0n) is 16.6. The minimum absolute atomic E-state index is 0.0618. The summed E-state index contributed by atoms with van der Waals surface area (Å²) in [5, 5.41) is -0.337. The molecule has 0 saturated heterocycles. The van der Waals surface area contributed by atoms with Crippen molar-refractivity contribution >= 4 is 23.5 Å². The van der Waals surface area contributed by atoms with Crippen LogP contribution in [0, 0.1) is 13.8 Å². The summed E-state index contributed by atoms with van der Waals surface area (Å²) < 4.78 is 16.5. The smallest absolute Gasteiger partial charge is 0.340 e. The van der Waals surface area contributed by atoms with Gasteiger partial charge in [0, 0.05) is 17.0 Å². The van der Waals surface area contributed by atoms with E-state index in [1.807, 2.05) is 25.1 Å². The highest BCUT2D eigenvalue weighted by Crippen LogP contribution is 2.36. The fraction of sp³-hybridized carbons (Fsp3) is 0.429. The standard InChI is InChI=1S/C21H25NO5S/c1-5-25-21(24)18-12(2)19(22-13(18)3)20(23)14(4)28-15-7-8-16-17(11-15)27-10-6-9-26-16/h7-8,11,14,22H,5-6,9-10H2,1-4H3/t14-/m0/s1. The number of hydrogen-bond acceptors (Lipinski definition) is 6. The number of hydrogen-bond donors (Lipinski definition) is 1. The highest BCUT2D eigenvalue weighted by atomic mass is 32.2. The Hall–Kier alpha value is -2.41. The molecule has 0 amide bonds. The van der Waals surface area contributed by atoms with Crippen LogP contribution in [0.3, 0.4) is 0 Å². The van der Waals surface area contributed by atoms with Gasteiger partial charge in [0.1, 0.15) is 0 Å². The van der Waals surface area contributed by atoms with E-state index in [1.54, 1.807) is 20.8 Å². The van der Waals surface area contributed by atoms with Gasteiger partial charge in [-0.05, 0) is 51.5 Å². The maximum atomic E-state index is 13.0. The van der Waals surface area contributed by atoms with E-state index in [4.69, 9.17) is 14.2 Å². The van der Waals surface area contributed by atoms with Gasteiger partial charge >= 0.3 is 5.97 Å². The van der Waals surface area contributed by atoms with Crippen LogP contribution in [-0.2, 0) is 4.74 Å². The summed E-state index contributed by atoms with van der Waals surface area (Å²) in [5.41, 5.74) is 2.17. The second-order valence-electron chi connectivity index (χ2n) is 6.63. The van der Waals surface area contributed by atoms with Gasteiger partial charge in [-0.15, -0.1) is 11.8 Å². The average molecular weight is 404 g/mol. The fourth-order valence-electron chi connectivity index (χ4n) is 3.18. The number of carbonyl (C=O) groups is 2. The van der Waals surface area contributed by atoms with E-state index in [2.05, 4.69) is 4.98 Å². The Labute approximate surface area is 168 Å². The second-order valence-corrected chi connectivity index (χ2v) is 8.04. The lowest BCUT2D eigenvalue weighted by Gasteiger charge is -2.13. The molecule has 0 unspecified atom stereocenters. The summed E-state index contributed by atoms with van der Waals surface area (Å²) in [7, 11) is 0. The van der Waals surface area contributed by atoms with E-state index in [0.717, 1.165) is 17.1 Å². The first-order chi connectivity index (χ1) is 13.4. The molecule has 0 spiro atoms. The Morgan fingerprint density at radius 3 is 2.64 bits per heavy atom. The molecule has 1 atom stereocenters. The number of Topliss-reactive ketones (excluding diaryl/α,β-unsaturated/α-hetero) is 1. The Morgan fingerprint density at radius 2 is 1.93 bits per heavy atom. The number of H-pyrrole nitrogens is 1.